The normalized spacial score (nSPS) is 18.7. The average molecular weight is 532 g/mol. The number of pyridine rings is 2. The van der Waals surface area contributed by atoms with Crippen LogP contribution >= 0.6 is 11.8 Å². The zero-order valence-corrected chi connectivity index (χ0v) is 21.3. The van der Waals surface area contributed by atoms with Crippen LogP contribution in [0.25, 0.3) is 5.65 Å². The lowest BCUT2D eigenvalue weighted by Gasteiger charge is -2.29. The molecule has 0 unspecified atom stereocenters. The second kappa shape index (κ2) is 10.4. The van der Waals surface area contributed by atoms with E-state index in [0.717, 1.165) is 29.3 Å². The van der Waals surface area contributed by atoms with Crippen LogP contribution in [-0.4, -0.2) is 44.0 Å². The number of benzene rings is 1. The second-order valence-electron chi connectivity index (χ2n) is 9.55. The van der Waals surface area contributed by atoms with Gasteiger partial charge in [-0.3, -0.25) is 9.59 Å². The number of thioether (sulfide) groups is 1. The highest BCUT2D eigenvalue weighted by molar-refractivity contribution is 7.99. The standard InChI is InChI=1S/C28H26FN5O3S/c29-18-14-23(28(31-16-18)37-21-8-3-17-9-13-38-24(17)15-21)27(36)33-20-6-4-19(5-7-20)32-26(35)22-2-1-11-34-12-10-30-25(22)34/h1-3,8,10-12,14-16,19-20H,4-7,9,13H2,(H,32,35)(H,33,36)/t19-,20+. The highest BCUT2D eigenvalue weighted by Crippen LogP contribution is 2.35. The Morgan fingerprint density at radius 2 is 1.74 bits per heavy atom. The number of carbonyl (C=O) groups is 2. The van der Waals surface area contributed by atoms with Crippen molar-refractivity contribution in [1.82, 2.24) is 25.0 Å². The van der Waals surface area contributed by atoms with Gasteiger partial charge < -0.3 is 19.8 Å². The summed E-state index contributed by atoms with van der Waals surface area (Å²) in [5.41, 5.74) is 2.48. The number of rotatable bonds is 6. The zero-order chi connectivity index (χ0) is 26.1. The van der Waals surface area contributed by atoms with Gasteiger partial charge in [-0.1, -0.05) is 6.07 Å². The molecule has 6 rings (SSSR count). The maximum Gasteiger partial charge on any atom is 0.257 e. The Morgan fingerprint density at radius 1 is 0.974 bits per heavy atom. The number of amides is 2. The first-order valence-corrected chi connectivity index (χ1v) is 13.6. The summed E-state index contributed by atoms with van der Waals surface area (Å²) in [5, 5.41) is 6.10. The smallest absolute Gasteiger partial charge is 0.257 e. The number of ether oxygens (including phenoxy) is 1. The highest BCUT2D eigenvalue weighted by Gasteiger charge is 2.26. The highest BCUT2D eigenvalue weighted by atomic mass is 32.2. The van der Waals surface area contributed by atoms with E-state index in [0.29, 0.717) is 42.6 Å². The molecule has 1 aliphatic heterocycles. The lowest BCUT2D eigenvalue weighted by molar-refractivity contribution is 0.0890. The third-order valence-electron chi connectivity index (χ3n) is 7.01. The van der Waals surface area contributed by atoms with E-state index in [2.05, 4.69) is 20.6 Å². The second-order valence-corrected chi connectivity index (χ2v) is 10.7. The Kier molecular flexibility index (Phi) is 6.71. The molecule has 2 amide bonds. The number of hydrogen-bond donors (Lipinski definition) is 2. The van der Waals surface area contributed by atoms with Gasteiger partial charge in [-0.25, -0.2) is 14.4 Å². The topological polar surface area (TPSA) is 97.6 Å². The molecule has 1 aliphatic carbocycles. The van der Waals surface area contributed by atoms with E-state index >= 15 is 0 Å². The number of fused-ring (bicyclic) bond motifs is 2. The number of nitrogens with one attached hydrogen (secondary N) is 2. The van der Waals surface area contributed by atoms with Crippen LogP contribution in [0, 0.1) is 5.82 Å². The molecule has 4 aromatic rings. The molecule has 10 heteroatoms. The van der Waals surface area contributed by atoms with Crippen LogP contribution in [-0.2, 0) is 6.42 Å². The molecule has 4 heterocycles. The molecule has 0 spiro atoms. The summed E-state index contributed by atoms with van der Waals surface area (Å²) in [5.74, 6) is 0.474. The van der Waals surface area contributed by atoms with Crippen molar-refractivity contribution in [1.29, 1.82) is 0 Å². The Balaban J connectivity index is 1.07. The van der Waals surface area contributed by atoms with Crippen LogP contribution in [0.4, 0.5) is 4.39 Å². The Hall–Kier alpha value is -3.92. The molecule has 0 saturated heterocycles. The number of carbonyl (C=O) groups excluding carboxylic acids is 2. The summed E-state index contributed by atoms with van der Waals surface area (Å²) < 4.78 is 21.8. The van der Waals surface area contributed by atoms with Crippen molar-refractivity contribution in [3.8, 4) is 11.6 Å². The minimum absolute atomic E-state index is 0.00159. The van der Waals surface area contributed by atoms with Crippen LogP contribution in [0.2, 0.25) is 0 Å². The van der Waals surface area contributed by atoms with E-state index in [9.17, 15) is 14.0 Å². The number of nitrogens with zero attached hydrogens (tertiary/aromatic N) is 3. The quantitative estimate of drug-likeness (QED) is 0.372. The fraction of sp³-hybridized carbons (Fsp3) is 0.286. The van der Waals surface area contributed by atoms with Gasteiger partial charge in [0.25, 0.3) is 11.8 Å². The van der Waals surface area contributed by atoms with Crippen molar-refractivity contribution < 1.29 is 18.7 Å². The number of hydrogen-bond acceptors (Lipinski definition) is 6. The van der Waals surface area contributed by atoms with Crippen molar-refractivity contribution in [3.63, 3.8) is 0 Å². The molecule has 0 atom stereocenters. The van der Waals surface area contributed by atoms with Gasteiger partial charge >= 0.3 is 0 Å². The van der Waals surface area contributed by atoms with Crippen molar-refractivity contribution in [3.05, 3.63) is 83.7 Å². The van der Waals surface area contributed by atoms with Crippen LogP contribution in [0.15, 0.2) is 66.1 Å². The molecule has 1 aromatic carbocycles. The van der Waals surface area contributed by atoms with Crippen molar-refractivity contribution in [2.75, 3.05) is 5.75 Å². The first-order valence-electron chi connectivity index (χ1n) is 12.7. The average Bonchev–Trinajstić information content (AvgIpc) is 3.60. The maximum absolute atomic E-state index is 14.0. The van der Waals surface area contributed by atoms with Crippen LogP contribution in [0.5, 0.6) is 11.6 Å². The number of imidazole rings is 1. The van der Waals surface area contributed by atoms with Gasteiger partial charge in [-0.05, 0) is 68.0 Å². The fourth-order valence-corrected chi connectivity index (χ4v) is 6.12. The molecule has 38 heavy (non-hydrogen) atoms. The van der Waals surface area contributed by atoms with E-state index in [1.165, 1.54) is 5.56 Å². The number of aryl methyl sites for hydroxylation is 1. The Morgan fingerprint density at radius 3 is 2.53 bits per heavy atom. The Bertz CT molecular complexity index is 1520. The molecule has 194 valence electrons. The predicted octanol–water partition coefficient (Wildman–Crippen LogP) is 4.78. The number of aromatic nitrogens is 3. The van der Waals surface area contributed by atoms with Crippen LogP contribution in [0.3, 0.4) is 0 Å². The zero-order valence-electron chi connectivity index (χ0n) is 20.5. The van der Waals surface area contributed by atoms with Crippen LogP contribution < -0.4 is 15.4 Å². The molecule has 1 saturated carbocycles. The maximum atomic E-state index is 14.0. The molecule has 8 nitrogen and oxygen atoms in total. The summed E-state index contributed by atoms with van der Waals surface area (Å²) in [6, 6.07) is 10.4. The molecule has 0 radical (unpaired) electrons. The van der Waals surface area contributed by atoms with Gasteiger partial charge in [0.05, 0.1) is 11.8 Å². The summed E-state index contributed by atoms with van der Waals surface area (Å²) in [6.07, 6.45) is 10.2. The van der Waals surface area contributed by atoms with Gasteiger partial charge in [-0.2, -0.15) is 0 Å². The number of halogens is 1. The third-order valence-corrected chi connectivity index (χ3v) is 8.11. The minimum Gasteiger partial charge on any atom is -0.438 e. The first kappa shape index (κ1) is 24.4. The SMILES string of the molecule is O=C(N[C@H]1CC[C@@H](NC(=O)c2cccn3ccnc23)CC1)c1cc(F)cnc1Oc1ccc2c(c1)SCC2. The molecule has 0 bridgehead atoms. The monoisotopic (exact) mass is 531 g/mol. The van der Waals surface area contributed by atoms with E-state index in [4.69, 9.17) is 4.74 Å². The van der Waals surface area contributed by atoms with Gasteiger partial charge in [-0.15, -0.1) is 11.8 Å². The van der Waals surface area contributed by atoms with E-state index < -0.39 is 11.7 Å². The molecule has 2 aliphatic rings. The summed E-state index contributed by atoms with van der Waals surface area (Å²) in [6.45, 7) is 0. The van der Waals surface area contributed by atoms with Crippen molar-refractivity contribution in [2.45, 2.75) is 49.1 Å². The lowest BCUT2D eigenvalue weighted by Crippen LogP contribution is -2.44. The van der Waals surface area contributed by atoms with Gasteiger partial charge in [0.15, 0.2) is 0 Å². The lowest BCUT2D eigenvalue weighted by atomic mass is 9.90. The van der Waals surface area contributed by atoms with Crippen molar-refractivity contribution >= 4 is 29.2 Å². The molecular formula is C28H26FN5O3S. The van der Waals surface area contributed by atoms with Gasteiger partial charge in [0.1, 0.15) is 22.8 Å². The molecule has 2 N–H and O–H groups in total. The first-order chi connectivity index (χ1) is 18.5. The molecule has 1 fully saturated rings. The third kappa shape index (κ3) is 5.08. The molecule has 3 aromatic heterocycles. The molecular weight excluding hydrogens is 505 g/mol. The largest absolute Gasteiger partial charge is 0.438 e. The predicted molar refractivity (Wildman–Crippen MR) is 141 cm³/mol. The fourth-order valence-electron chi connectivity index (χ4n) is 5.03. The summed E-state index contributed by atoms with van der Waals surface area (Å²) in [4.78, 5) is 35.5. The van der Waals surface area contributed by atoms with E-state index in [-0.39, 0.29) is 29.4 Å². The van der Waals surface area contributed by atoms with Crippen LogP contribution in [0.1, 0.15) is 52.0 Å². The summed E-state index contributed by atoms with van der Waals surface area (Å²) in [7, 11) is 0. The van der Waals surface area contributed by atoms with Crippen molar-refractivity contribution in [2.24, 2.45) is 0 Å². The van der Waals surface area contributed by atoms with E-state index in [1.807, 2.05) is 34.9 Å². The van der Waals surface area contributed by atoms with Gasteiger partial charge in [0.2, 0.25) is 5.88 Å². The minimum atomic E-state index is -0.606. The summed E-state index contributed by atoms with van der Waals surface area (Å²) >= 11 is 1.76. The Labute approximate surface area is 223 Å². The van der Waals surface area contributed by atoms with E-state index in [1.54, 1.807) is 30.2 Å². The van der Waals surface area contributed by atoms with Gasteiger partial charge in [0, 0.05) is 41.3 Å².